The summed E-state index contributed by atoms with van der Waals surface area (Å²) in [7, 11) is 0. The topological polar surface area (TPSA) is 46.0 Å². The Morgan fingerprint density at radius 1 is 1.00 bits per heavy atom. The lowest BCUT2D eigenvalue weighted by atomic mass is 9.93. The Kier molecular flexibility index (Phi) is 6.11. The SMILES string of the molecule is Cc1c([C@@H]2[C@@H](c3ccccn3)NC(=S)N2Cc2cccnc2)c(C)n(-c2cccc(Cl)c2)c1C. The van der Waals surface area contributed by atoms with Gasteiger partial charge in [-0.3, -0.25) is 9.97 Å². The lowest BCUT2D eigenvalue weighted by Gasteiger charge is -2.29. The molecule has 4 heterocycles. The Bertz CT molecular complexity index is 1340. The smallest absolute Gasteiger partial charge is 0.170 e. The summed E-state index contributed by atoms with van der Waals surface area (Å²) in [6, 6.07) is 18.0. The molecule has 1 aliphatic heterocycles. The number of aromatic nitrogens is 3. The highest BCUT2D eigenvalue weighted by Gasteiger charge is 2.42. The monoisotopic (exact) mass is 487 g/mol. The van der Waals surface area contributed by atoms with Gasteiger partial charge in [0.25, 0.3) is 0 Å². The van der Waals surface area contributed by atoms with Crippen LogP contribution in [0.1, 0.15) is 45.9 Å². The molecule has 0 spiro atoms. The maximum atomic E-state index is 6.35. The quantitative estimate of drug-likeness (QED) is 0.349. The minimum atomic E-state index is -0.0719. The van der Waals surface area contributed by atoms with Crippen LogP contribution in [-0.4, -0.2) is 24.5 Å². The highest BCUT2D eigenvalue weighted by atomic mass is 35.5. The van der Waals surface area contributed by atoms with E-state index in [0.29, 0.717) is 6.54 Å². The zero-order valence-corrected chi connectivity index (χ0v) is 20.9. The van der Waals surface area contributed by atoms with Gasteiger partial charge in [0, 0.05) is 52.8 Å². The van der Waals surface area contributed by atoms with Gasteiger partial charge in [-0.15, -0.1) is 0 Å². The summed E-state index contributed by atoms with van der Waals surface area (Å²) in [5, 5.41) is 5.00. The van der Waals surface area contributed by atoms with Crippen molar-refractivity contribution in [2.75, 3.05) is 0 Å². The van der Waals surface area contributed by atoms with E-state index in [9.17, 15) is 0 Å². The van der Waals surface area contributed by atoms with Crippen molar-refractivity contribution in [1.29, 1.82) is 0 Å². The van der Waals surface area contributed by atoms with Crippen LogP contribution in [-0.2, 0) is 6.54 Å². The van der Waals surface area contributed by atoms with Crippen molar-refractivity contribution in [3.63, 3.8) is 0 Å². The van der Waals surface area contributed by atoms with Crippen LogP contribution in [0, 0.1) is 20.8 Å². The summed E-state index contributed by atoms with van der Waals surface area (Å²) in [5.41, 5.74) is 7.99. The molecular formula is C27H26ClN5S. The van der Waals surface area contributed by atoms with Crippen LogP contribution < -0.4 is 5.32 Å². The largest absolute Gasteiger partial charge is 0.352 e. The van der Waals surface area contributed by atoms with Crippen molar-refractivity contribution < 1.29 is 0 Å². The molecule has 7 heteroatoms. The number of hydrogen-bond donors (Lipinski definition) is 1. The fraction of sp³-hybridized carbons (Fsp3) is 0.222. The lowest BCUT2D eigenvalue weighted by Crippen LogP contribution is -2.29. The first-order chi connectivity index (χ1) is 16.5. The first-order valence-corrected chi connectivity index (χ1v) is 12.1. The predicted molar refractivity (Wildman–Crippen MR) is 140 cm³/mol. The normalized spacial score (nSPS) is 17.8. The summed E-state index contributed by atoms with van der Waals surface area (Å²) >= 11 is 12.2. The van der Waals surface area contributed by atoms with Gasteiger partial charge >= 0.3 is 0 Å². The zero-order chi connectivity index (χ0) is 23.8. The van der Waals surface area contributed by atoms with E-state index in [2.05, 4.69) is 63.7 Å². The van der Waals surface area contributed by atoms with E-state index < -0.39 is 0 Å². The van der Waals surface area contributed by atoms with Gasteiger partial charge in [0.15, 0.2) is 5.11 Å². The molecular weight excluding hydrogens is 462 g/mol. The number of rotatable bonds is 5. The van der Waals surface area contributed by atoms with Gasteiger partial charge < -0.3 is 14.8 Å². The Labute approximate surface area is 210 Å². The van der Waals surface area contributed by atoms with Crippen LogP contribution in [0.3, 0.4) is 0 Å². The van der Waals surface area contributed by atoms with Crippen molar-refractivity contribution in [3.05, 3.63) is 112 Å². The molecule has 4 aromatic rings. The van der Waals surface area contributed by atoms with Crippen molar-refractivity contribution in [2.45, 2.75) is 39.4 Å². The first-order valence-electron chi connectivity index (χ1n) is 11.3. The number of hydrogen-bond acceptors (Lipinski definition) is 3. The zero-order valence-electron chi connectivity index (χ0n) is 19.4. The van der Waals surface area contributed by atoms with Crippen LogP contribution in [0.5, 0.6) is 0 Å². The molecule has 0 radical (unpaired) electrons. The fourth-order valence-corrected chi connectivity index (χ4v) is 5.51. The molecule has 0 bridgehead atoms. The molecule has 1 fully saturated rings. The summed E-state index contributed by atoms with van der Waals surface area (Å²) < 4.78 is 2.29. The highest BCUT2D eigenvalue weighted by molar-refractivity contribution is 7.80. The van der Waals surface area contributed by atoms with Crippen molar-refractivity contribution >= 4 is 28.9 Å². The summed E-state index contributed by atoms with van der Waals surface area (Å²) in [4.78, 5) is 11.3. The van der Waals surface area contributed by atoms with Crippen molar-refractivity contribution in [1.82, 2.24) is 24.8 Å². The van der Waals surface area contributed by atoms with Gasteiger partial charge in [0.05, 0.1) is 17.8 Å². The number of nitrogens with zero attached hydrogens (tertiary/aromatic N) is 4. The van der Waals surface area contributed by atoms with Crippen LogP contribution in [0.2, 0.25) is 5.02 Å². The third kappa shape index (κ3) is 3.97. The predicted octanol–water partition coefficient (Wildman–Crippen LogP) is 6.02. The summed E-state index contributed by atoms with van der Waals surface area (Å²) in [6.07, 6.45) is 5.53. The third-order valence-corrected chi connectivity index (χ3v) is 7.23. The minimum absolute atomic E-state index is 0.0262. The molecule has 5 nitrogen and oxygen atoms in total. The summed E-state index contributed by atoms with van der Waals surface area (Å²) in [5.74, 6) is 0. The molecule has 1 aromatic carbocycles. The molecule has 1 N–H and O–H groups in total. The standard InChI is InChI=1S/C27H26ClN5S/c1-17-18(2)33(22-10-6-9-21(28)14-22)19(3)24(17)26-25(23-11-4-5-13-30-23)31-27(34)32(26)16-20-8-7-12-29-15-20/h4-15,25-26H,16H2,1-3H3,(H,31,34)/t25-,26-/m1/s1. The molecule has 2 atom stereocenters. The fourth-order valence-electron chi connectivity index (χ4n) is 5.02. The van der Waals surface area contributed by atoms with E-state index in [0.717, 1.165) is 27.1 Å². The average molecular weight is 488 g/mol. The highest BCUT2D eigenvalue weighted by Crippen LogP contribution is 2.44. The molecule has 0 saturated carbocycles. The Morgan fingerprint density at radius 3 is 2.56 bits per heavy atom. The van der Waals surface area contributed by atoms with Gasteiger partial charge in [-0.05, 0) is 80.5 Å². The van der Waals surface area contributed by atoms with E-state index in [1.54, 1.807) is 6.20 Å². The number of nitrogens with one attached hydrogen (secondary N) is 1. The lowest BCUT2D eigenvalue weighted by molar-refractivity contribution is 0.309. The molecule has 34 heavy (non-hydrogen) atoms. The number of halogens is 1. The molecule has 0 amide bonds. The van der Waals surface area contributed by atoms with Gasteiger partial charge in [-0.25, -0.2) is 0 Å². The average Bonchev–Trinajstić information content (AvgIpc) is 3.27. The second-order valence-electron chi connectivity index (χ2n) is 8.64. The van der Waals surface area contributed by atoms with E-state index in [-0.39, 0.29) is 12.1 Å². The molecule has 3 aromatic heterocycles. The van der Waals surface area contributed by atoms with Crippen molar-refractivity contribution in [3.8, 4) is 5.69 Å². The maximum absolute atomic E-state index is 6.35. The van der Waals surface area contributed by atoms with Crippen molar-refractivity contribution in [2.24, 2.45) is 0 Å². The van der Waals surface area contributed by atoms with Crippen LogP contribution >= 0.6 is 23.8 Å². The van der Waals surface area contributed by atoms with Crippen LogP contribution in [0.15, 0.2) is 73.2 Å². The molecule has 0 aliphatic carbocycles. The summed E-state index contributed by atoms with van der Waals surface area (Å²) in [6.45, 7) is 7.19. The van der Waals surface area contributed by atoms with Gasteiger partial charge in [0.2, 0.25) is 0 Å². The van der Waals surface area contributed by atoms with Gasteiger partial charge in [-0.2, -0.15) is 0 Å². The number of benzene rings is 1. The minimum Gasteiger partial charge on any atom is -0.352 e. The van der Waals surface area contributed by atoms with E-state index >= 15 is 0 Å². The van der Waals surface area contributed by atoms with Gasteiger partial charge in [-0.1, -0.05) is 29.8 Å². The van der Waals surface area contributed by atoms with E-state index in [4.69, 9.17) is 23.8 Å². The third-order valence-electron chi connectivity index (χ3n) is 6.64. The molecule has 1 aliphatic rings. The van der Waals surface area contributed by atoms with Crippen LogP contribution in [0.4, 0.5) is 0 Å². The molecule has 0 unspecified atom stereocenters. The number of pyridine rings is 2. The van der Waals surface area contributed by atoms with E-state index in [1.165, 1.54) is 22.5 Å². The molecule has 1 saturated heterocycles. The maximum Gasteiger partial charge on any atom is 0.170 e. The molecule has 5 rings (SSSR count). The van der Waals surface area contributed by atoms with E-state index in [1.807, 2.05) is 48.8 Å². The second-order valence-corrected chi connectivity index (χ2v) is 9.46. The Morgan fingerprint density at radius 2 is 1.85 bits per heavy atom. The van der Waals surface area contributed by atoms with Gasteiger partial charge in [0.1, 0.15) is 0 Å². The first kappa shape index (κ1) is 22.6. The Balaban J connectivity index is 1.67. The number of thiocarbonyl (C=S) groups is 1. The Hall–Kier alpha value is -3.22. The second kappa shape index (κ2) is 9.20. The van der Waals surface area contributed by atoms with Crippen LogP contribution in [0.25, 0.3) is 5.69 Å². The molecule has 172 valence electrons.